The third kappa shape index (κ3) is 18.7. The Balaban J connectivity index is 1.11. The number of hydrogen-bond acceptors (Lipinski definition) is 19. The van der Waals surface area contributed by atoms with Gasteiger partial charge in [-0.25, -0.2) is 28.6 Å². The van der Waals surface area contributed by atoms with Crippen molar-refractivity contribution in [2.45, 2.75) is 147 Å². The van der Waals surface area contributed by atoms with E-state index in [1.807, 2.05) is 0 Å². The lowest BCUT2D eigenvalue weighted by Crippen LogP contribution is -2.46. The molecule has 2 aliphatic heterocycles. The summed E-state index contributed by atoms with van der Waals surface area (Å²) in [7, 11) is -16.4. The van der Waals surface area contributed by atoms with Gasteiger partial charge < -0.3 is 55.6 Å². The largest absolute Gasteiger partial charge is 0.481 e. The maximum atomic E-state index is 12.8. The number of aliphatic hydroxyl groups is 2. The summed E-state index contributed by atoms with van der Waals surface area (Å²) < 4.78 is 68.0. The molecule has 0 aromatic carbocycles. The number of anilines is 1. The van der Waals surface area contributed by atoms with Crippen LogP contribution in [0.2, 0.25) is 0 Å². The first-order valence-corrected chi connectivity index (χ1v) is 27.7. The summed E-state index contributed by atoms with van der Waals surface area (Å²) >= 11 is 1.10. The van der Waals surface area contributed by atoms with Crippen molar-refractivity contribution in [1.29, 1.82) is 0 Å². The second kappa shape index (κ2) is 26.1. The fourth-order valence-corrected chi connectivity index (χ4v) is 10.8. The first-order chi connectivity index (χ1) is 31.5. The average Bonchev–Trinajstić information content (AvgIpc) is 3.83. The van der Waals surface area contributed by atoms with Crippen LogP contribution in [0.3, 0.4) is 0 Å². The number of aliphatic hydroxyl groups excluding tert-OH is 2. The number of carbonyl (C=O) groups is 3. The maximum absolute atomic E-state index is 12.8. The molecule has 67 heavy (non-hydrogen) atoms. The van der Waals surface area contributed by atoms with Crippen molar-refractivity contribution in [2.24, 2.45) is 5.41 Å². The van der Waals surface area contributed by atoms with Crippen LogP contribution in [0.15, 0.2) is 12.7 Å². The third-order valence-electron chi connectivity index (χ3n) is 11.0. The summed E-state index contributed by atoms with van der Waals surface area (Å²) in [5.74, 6) is -1.11. The number of phosphoric ester groups is 3. The van der Waals surface area contributed by atoms with Gasteiger partial charge in [0.05, 0.1) is 26.1 Å². The molecule has 382 valence electrons. The molecule has 2 saturated heterocycles. The Morgan fingerprint density at radius 1 is 0.940 bits per heavy atom. The van der Waals surface area contributed by atoms with E-state index in [0.29, 0.717) is 18.8 Å². The summed E-state index contributed by atoms with van der Waals surface area (Å²) in [4.78, 5) is 89.1. The lowest BCUT2D eigenvalue weighted by molar-refractivity contribution is -0.137. The van der Waals surface area contributed by atoms with Crippen LogP contribution in [0.5, 0.6) is 0 Å². The van der Waals surface area contributed by atoms with E-state index in [1.54, 1.807) is 0 Å². The van der Waals surface area contributed by atoms with Crippen molar-refractivity contribution in [3.05, 3.63) is 12.7 Å². The van der Waals surface area contributed by atoms with E-state index in [2.05, 4.69) is 41.3 Å². The Morgan fingerprint density at radius 2 is 1.55 bits per heavy atom. The van der Waals surface area contributed by atoms with Crippen LogP contribution in [-0.2, 0) is 55.4 Å². The molecule has 10 N–H and O–H groups in total. The Labute approximate surface area is 392 Å². The number of epoxide rings is 1. The number of phosphoric acid groups is 3. The second-order valence-corrected chi connectivity index (χ2v) is 22.4. The predicted octanol–water partition coefficient (Wildman–Crippen LogP) is 3.52. The quantitative estimate of drug-likeness (QED) is 0.0280. The zero-order valence-electron chi connectivity index (χ0n) is 37.9. The van der Waals surface area contributed by atoms with Crippen LogP contribution in [0.25, 0.3) is 11.2 Å². The number of ether oxygens (including phenoxy) is 2. The summed E-state index contributed by atoms with van der Waals surface area (Å²) in [5, 5.41) is 26.6. The number of hydrogen-bond donors (Lipinski definition) is 9. The Kier molecular flexibility index (Phi) is 22.3. The van der Waals surface area contributed by atoms with Crippen molar-refractivity contribution in [2.75, 3.05) is 44.4 Å². The second-order valence-electron chi connectivity index (χ2n) is 17.1. The van der Waals surface area contributed by atoms with E-state index >= 15 is 0 Å². The number of nitrogens with zero attached hydrogens (tertiary/aromatic N) is 4. The Hall–Kier alpha value is -2.48. The highest BCUT2D eigenvalue weighted by Crippen LogP contribution is 2.61. The number of fused-ring (bicyclic) bond motifs is 1. The van der Waals surface area contributed by atoms with Gasteiger partial charge in [-0.1, -0.05) is 103 Å². The van der Waals surface area contributed by atoms with Crippen LogP contribution in [0.4, 0.5) is 5.82 Å². The van der Waals surface area contributed by atoms with E-state index in [9.17, 15) is 57.9 Å². The molecule has 8 atom stereocenters. The van der Waals surface area contributed by atoms with Gasteiger partial charge in [-0.15, -0.1) is 0 Å². The van der Waals surface area contributed by atoms with Crippen molar-refractivity contribution in [3.8, 4) is 0 Å². The number of imidazole rings is 1. The van der Waals surface area contributed by atoms with E-state index < -0.39 is 90.2 Å². The van der Waals surface area contributed by atoms with E-state index in [0.717, 1.165) is 48.2 Å². The van der Waals surface area contributed by atoms with Gasteiger partial charge >= 0.3 is 23.5 Å². The topological polar surface area (TPSA) is 376 Å². The van der Waals surface area contributed by atoms with Gasteiger partial charge in [-0.3, -0.25) is 32.5 Å². The molecule has 2 aromatic rings. The number of aromatic nitrogens is 4. The Morgan fingerprint density at radius 3 is 2.16 bits per heavy atom. The predicted molar refractivity (Wildman–Crippen MR) is 241 cm³/mol. The number of nitrogens with two attached hydrogens (primary N) is 1. The normalized spacial score (nSPS) is 23.1. The highest BCUT2D eigenvalue weighted by atomic mass is 32.2. The zero-order valence-corrected chi connectivity index (χ0v) is 41.4. The van der Waals surface area contributed by atoms with Crippen LogP contribution >= 0.6 is 35.2 Å². The van der Waals surface area contributed by atoms with E-state index in [-0.39, 0.29) is 41.6 Å². The fraction of sp³-hybridized carbons (Fsp3) is 0.789. The number of carbonyl (C=O) groups excluding carboxylic acids is 3. The molecule has 2 amide bonds. The van der Waals surface area contributed by atoms with Crippen molar-refractivity contribution in [1.82, 2.24) is 30.2 Å². The van der Waals surface area contributed by atoms with Gasteiger partial charge in [-0.2, -0.15) is 4.31 Å². The van der Waals surface area contributed by atoms with Crippen LogP contribution < -0.4 is 16.4 Å². The molecule has 2 aromatic heterocycles. The number of nitrogens with one attached hydrogen (secondary N) is 2. The molecule has 0 spiro atoms. The number of unbranched alkanes of at least 4 members (excludes halogenated alkanes) is 11. The summed E-state index contributed by atoms with van der Waals surface area (Å²) in [6.07, 6.45) is 8.48. The first-order valence-electron chi connectivity index (χ1n) is 22.2. The average molecular weight is 1030 g/mol. The van der Waals surface area contributed by atoms with Gasteiger partial charge in [0.1, 0.15) is 36.3 Å². The molecule has 4 rings (SSSR count). The van der Waals surface area contributed by atoms with Crippen LogP contribution in [-0.4, -0.2) is 135 Å². The molecule has 0 aliphatic carbocycles. The monoisotopic (exact) mass is 1030 g/mol. The summed E-state index contributed by atoms with van der Waals surface area (Å²) in [5.41, 5.74) is 3.54. The van der Waals surface area contributed by atoms with Crippen LogP contribution in [0, 0.1) is 5.41 Å². The molecule has 25 nitrogen and oxygen atoms in total. The van der Waals surface area contributed by atoms with Crippen LogP contribution in [0.1, 0.15) is 117 Å². The standard InChI is InChI=1S/C38H66N7O18P3S/c1-4-5-6-7-8-9-10-11-12-13-14-15-17-38(23-58-38)36(50)67-20-19-40-27(46)16-18-41-34(49)31(48)37(2,3)22-60-66(56,57)63-65(54,55)59-21-26-30(62-64(51,52)53)29(47)35(61-26)45-25-44-28-32(39)42-24-43-33(28)45/h24-26,29-31,35,47-48H,4-23H2,1-3H3,(H,40,46)(H,41,49)(H,54,55)(H,56,57)(H2,39,42,43)(H2,51,52,53)/t26-,29-,30-,31+,35-,38?/m1/s1. The highest BCUT2D eigenvalue weighted by molar-refractivity contribution is 8.13. The molecular formula is C38H66N7O18P3S. The van der Waals surface area contributed by atoms with Crippen molar-refractivity contribution >= 4 is 69.1 Å². The number of thioether (sulfide) groups is 1. The number of amides is 2. The van der Waals surface area contributed by atoms with Gasteiger partial charge in [0.25, 0.3) is 0 Å². The van der Waals surface area contributed by atoms with Gasteiger partial charge in [0.2, 0.25) is 16.9 Å². The number of rotatable bonds is 33. The molecule has 2 fully saturated rings. The smallest absolute Gasteiger partial charge is 0.386 e. The van der Waals surface area contributed by atoms with Crippen molar-refractivity contribution in [3.63, 3.8) is 0 Å². The third-order valence-corrected chi connectivity index (χ3v) is 15.2. The molecule has 29 heteroatoms. The van der Waals surface area contributed by atoms with Gasteiger partial charge in [-0.05, 0) is 12.8 Å². The number of nitrogen functional groups attached to an aromatic ring is 1. The van der Waals surface area contributed by atoms with E-state index in [1.165, 1.54) is 71.6 Å². The molecular weight excluding hydrogens is 967 g/mol. The molecule has 3 unspecified atom stereocenters. The zero-order chi connectivity index (χ0) is 49.5. The van der Waals surface area contributed by atoms with E-state index in [4.69, 9.17) is 24.3 Å². The molecule has 2 aliphatic rings. The lowest BCUT2D eigenvalue weighted by atomic mass is 9.87. The Bertz CT molecular complexity index is 2080. The minimum Gasteiger partial charge on any atom is -0.386 e. The molecule has 0 radical (unpaired) electrons. The summed E-state index contributed by atoms with van der Waals surface area (Å²) in [6.45, 7) is 3.13. The highest BCUT2D eigenvalue weighted by Gasteiger charge is 2.52. The first kappa shape index (κ1) is 57.1. The molecule has 4 heterocycles. The van der Waals surface area contributed by atoms with Crippen molar-refractivity contribution < 1.29 is 85.2 Å². The molecule has 0 saturated carbocycles. The fourth-order valence-electron chi connectivity index (χ4n) is 7.11. The minimum atomic E-state index is -5.58. The summed E-state index contributed by atoms with van der Waals surface area (Å²) in [6, 6.07) is 0. The van der Waals surface area contributed by atoms with Gasteiger partial charge in [0.15, 0.2) is 23.3 Å². The lowest BCUT2D eigenvalue weighted by Gasteiger charge is -2.30. The maximum Gasteiger partial charge on any atom is 0.481 e. The minimum absolute atomic E-state index is 0.0317. The SMILES string of the molecule is CCCCCCCCCCCCCCC1(C(=O)SCCNC(=O)CCNC(=O)[C@H](O)C(C)(C)COP(=O)(O)OP(=O)(O)OC[C@H]2O[C@@H](n3cnc4c(N)ncnc43)[C@H](O)[C@@H]2OP(=O)(O)O)CO1. The van der Waals surface area contributed by atoms with Gasteiger partial charge in [0, 0.05) is 30.7 Å². The molecule has 0 bridgehead atoms.